The van der Waals surface area contributed by atoms with E-state index in [1.807, 2.05) is 4.89 Å². The molecule has 0 aromatic carbocycles. The first-order valence-electron chi connectivity index (χ1n) is 2.80. The predicted molar refractivity (Wildman–Crippen MR) is 37.3 cm³/mol. The van der Waals surface area contributed by atoms with Crippen molar-refractivity contribution in [2.75, 3.05) is 7.11 Å². The molecule has 0 spiro atoms. The molecule has 0 amide bonds. The van der Waals surface area contributed by atoms with Crippen LogP contribution in [0.4, 0.5) is 0 Å². The van der Waals surface area contributed by atoms with Gasteiger partial charge < -0.3 is 0 Å². The molecule has 0 rings (SSSR count). The molecule has 0 saturated heterocycles. The van der Waals surface area contributed by atoms with E-state index in [0.29, 0.717) is 0 Å². The second kappa shape index (κ2) is 3.87. The lowest BCUT2D eigenvalue weighted by Gasteiger charge is -2.07. The van der Waals surface area contributed by atoms with Gasteiger partial charge in [0.2, 0.25) is 0 Å². The number of hydrogen-bond donors (Lipinski definition) is 2. The van der Waals surface area contributed by atoms with Crippen LogP contribution in [0.1, 0.15) is 13.8 Å². The van der Waals surface area contributed by atoms with Gasteiger partial charge >= 0.3 is 0 Å². The fraction of sp³-hybridized carbons (Fsp3) is 1.00. The molecule has 0 fully saturated rings. The average Bonchev–Trinajstić information content (AvgIpc) is 1.59. The molecule has 10 heavy (non-hydrogen) atoms. The van der Waals surface area contributed by atoms with Crippen LogP contribution in [-0.4, -0.2) is 21.6 Å². The standard InChI is InChI=1S/C4H12N2O3S/c1-4(2)5-10(7,8)6-9-3/h4-6H,1-3H3. The van der Waals surface area contributed by atoms with Gasteiger partial charge in [0.1, 0.15) is 0 Å². The molecule has 5 nitrogen and oxygen atoms in total. The van der Waals surface area contributed by atoms with E-state index in [9.17, 15) is 8.42 Å². The summed E-state index contributed by atoms with van der Waals surface area (Å²) in [6.45, 7) is 3.43. The van der Waals surface area contributed by atoms with Gasteiger partial charge in [-0.3, -0.25) is 4.84 Å². The lowest BCUT2D eigenvalue weighted by atomic mass is 10.4. The van der Waals surface area contributed by atoms with Crippen LogP contribution in [0.3, 0.4) is 0 Å². The molecule has 62 valence electrons. The zero-order valence-corrected chi connectivity index (χ0v) is 7.03. The Labute approximate surface area is 60.9 Å². The first-order chi connectivity index (χ1) is 4.48. The Morgan fingerprint density at radius 3 is 2.20 bits per heavy atom. The molecule has 0 aromatic rings. The Morgan fingerprint density at radius 2 is 1.90 bits per heavy atom. The smallest absolute Gasteiger partial charge is 0.289 e. The summed E-state index contributed by atoms with van der Waals surface area (Å²) >= 11 is 0. The van der Waals surface area contributed by atoms with Crippen LogP contribution in [0.2, 0.25) is 0 Å². The topological polar surface area (TPSA) is 67.4 Å². The largest absolute Gasteiger partial charge is 0.299 e. The van der Waals surface area contributed by atoms with E-state index in [0.717, 1.165) is 0 Å². The average molecular weight is 168 g/mol. The Balaban J connectivity index is 3.89. The van der Waals surface area contributed by atoms with Crippen molar-refractivity contribution in [2.24, 2.45) is 0 Å². The van der Waals surface area contributed by atoms with Crippen LogP contribution in [-0.2, 0) is 15.0 Å². The fourth-order valence-electron chi connectivity index (χ4n) is 0.444. The van der Waals surface area contributed by atoms with Crippen LogP contribution in [0.5, 0.6) is 0 Å². The van der Waals surface area contributed by atoms with E-state index in [-0.39, 0.29) is 6.04 Å². The van der Waals surface area contributed by atoms with Crippen LogP contribution >= 0.6 is 0 Å². The third-order valence-electron chi connectivity index (χ3n) is 0.584. The first-order valence-corrected chi connectivity index (χ1v) is 4.28. The first kappa shape index (κ1) is 9.83. The molecular weight excluding hydrogens is 156 g/mol. The quantitative estimate of drug-likeness (QED) is 0.550. The van der Waals surface area contributed by atoms with Crippen molar-refractivity contribution in [3.05, 3.63) is 0 Å². The molecule has 0 saturated carbocycles. The van der Waals surface area contributed by atoms with Gasteiger partial charge in [-0.05, 0) is 13.8 Å². The van der Waals surface area contributed by atoms with E-state index < -0.39 is 10.2 Å². The van der Waals surface area contributed by atoms with Crippen molar-refractivity contribution in [2.45, 2.75) is 19.9 Å². The Bertz CT molecular complexity index is 175. The van der Waals surface area contributed by atoms with E-state index >= 15 is 0 Å². The zero-order chi connectivity index (χ0) is 8.20. The minimum absolute atomic E-state index is 0.132. The summed E-state index contributed by atoms with van der Waals surface area (Å²) in [5, 5.41) is 0. The van der Waals surface area contributed by atoms with Gasteiger partial charge in [0.15, 0.2) is 0 Å². The van der Waals surface area contributed by atoms with Crippen LogP contribution in [0.15, 0.2) is 0 Å². The molecule has 0 atom stereocenters. The van der Waals surface area contributed by atoms with Gasteiger partial charge in [0.25, 0.3) is 10.2 Å². The normalized spacial score (nSPS) is 12.4. The SMILES string of the molecule is CONS(=O)(=O)NC(C)C. The summed E-state index contributed by atoms with van der Waals surface area (Å²) in [7, 11) is -2.22. The summed E-state index contributed by atoms with van der Waals surface area (Å²) in [4.78, 5) is 6.02. The van der Waals surface area contributed by atoms with E-state index in [2.05, 4.69) is 9.56 Å². The van der Waals surface area contributed by atoms with Gasteiger partial charge in [0.05, 0.1) is 7.11 Å². The van der Waals surface area contributed by atoms with Gasteiger partial charge in [-0.25, -0.2) is 0 Å². The molecule has 6 heteroatoms. The monoisotopic (exact) mass is 168 g/mol. The maximum atomic E-state index is 10.7. The van der Waals surface area contributed by atoms with E-state index in [1.54, 1.807) is 13.8 Å². The van der Waals surface area contributed by atoms with Crippen molar-refractivity contribution >= 4 is 10.2 Å². The van der Waals surface area contributed by atoms with E-state index in [4.69, 9.17) is 0 Å². The molecule has 0 aliphatic carbocycles. The molecular formula is C4H12N2O3S. The Morgan fingerprint density at radius 1 is 1.40 bits per heavy atom. The molecule has 0 bridgehead atoms. The lowest BCUT2D eigenvalue weighted by Crippen LogP contribution is -2.39. The number of nitrogens with one attached hydrogen (secondary N) is 2. The van der Waals surface area contributed by atoms with Gasteiger partial charge in [0, 0.05) is 6.04 Å². The second-order valence-corrected chi connectivity index (χ2v) is 3.47. The van der Waals surface area contributed by atoms with Gasteiger partial charge in [-0.1, -0.05) is 4.89 Å². The summed E-state index contributed by atoms with van der Waals surface area (Å²) in [5.41, 5.74) is 0. The molecule has 2 N–H and O–H groups in total. The van der Waals surface area contributed by atoms with Crippen molar-refractivity contribution in [1.82, 2.24) is 9.61 Å². The van der Waals surface area contributed by atoms with Crippen molar-refractivity contribution in [1.29, 1.82) is 0 Å². The van der Waals surface area contributed by atoms with Crippen LogP contribution in [0.25, 0.3) is 0 Å². The Kier molecular flexibility index (Phi) is 3.80. The Hall–Kier alpha value is -0.170. The maximum absolute atomic E-state index is 10.7. The zero-order valence-electron chi connectivity index (χ0n) is 6.21. The van der Waals surface area contributed by atoms with Crippen molar-refractivity contribution in [3.8, 4) is 0 Å². The number of rotatable bonds is 4. The molecule has 0 aliphatic rings. The fourth-order valence-corrected chi connectivity index (χ4v) is 1.33. The molecule has 0 aromatic heterocycles. The van der Waals surface area contributed by atoms with Gasteiger partial charge in [-0.15, -0.1) is 0 Å². The highest BCUT2D eigenvalue weighted by Crippen LogP contribution is 1.81. The summed E-state index contributed by atoms with van der Waals surface area (Å²) in [6, 6.07) is -0.132. The maximum Gasteiger partial charge on any atom is 0.299 e. The highest BCUT2D eigenvalue weighted by molar-refractivity contribution is 7.87. The highest BCUT2D eigenvalue weighted by Gasteiger charge is 2.08. The van der Waals surface area contributed by atoms with Crippen molar-refractivity contribution in [3.63, 3.8) is 0 Å². The highest BCUT2D eigenvalue weighted by atomic mass is 32.2. The third kappa shape index (κ3) is 4.68. The summed E-state index contributed by atoms with van der Waals surface area (Å²) in [5.74, 6) is 0. The summed E-state index contributed by atoms with van der Waals surface area (Å²) < 4.78 is 23.6. The predicted octanol–water partition coefficient (Wildman–Crippen LogP) is -0.620. The molecule has 0 aliphatic heterocycles. The van der Waals surface area contributed by atoms with E-state index in [1.165, 1.54) is 7.11 Å². The minimum atomic E-state index is -3.45. The third-order valence-corrected chi connectivity index (χ3v) is 1.75. The van der Waals surface area contributed by atoms with Crippen molar-refractivity contribution < 1.29 is 13.3 Å². The molecule has 0 unspecified atom stereocenters. The lowest BCUT2D eigenvalue weighted by molar-refractivity contribution is 0.151. The molecule has 0 heterocycles. The van der Waals surface area contributed by atoms with Crippen LogP contribution < -0.4 is 9.61 Å². The van der Waals surface area contributed by atoms with Crippen LogP contribution in [0, 0.1) is 0 Å². The number of hydrogen-bond acceptors (Lipinski definition) is 3. The van der Waals surface area contributed by atoms with Gasteiger partial charge in [-0.2, -0.15) is 13.1 Å². The second-order valence-electron chi connectivity index (χ2n) is 2.06. The minimum Gasteiger partial charge on any atom is -0.289 e. The summed E-state index contributed by atoms with van der Waals surface area (Å²) in [6.07, 6.45) is 0. The molecule has 0 radical (unpaired) electrons.